The Hall–Kier alpha value is -3.13. The van der Waals surface area contributed by atoms with Gasteiger partial charge in [-0.2, -0.15) is 0 Å². The first-order valence-electron chi connectivity index (χ1n) is 10.2. The van der Waals surface area contributed by atoms with Crippen molar-refractivity contribution in [2.75, 3.05) is 44.7 Å². The van der Waals surface area contributed by atoms with Crippen LogP contribution in [0.5, 0.6) is 0 Å². The van der Waals surface area contributed by atoms with Crippen molar-refractivity contribution in [2.45, 2.75) is 19.9 Å². The van der Waals surface area contributed by atoms with E-state index in [4.69, 9.17) is 0 Å². The molecule has 1 atom stereocenters. The molecule has 0 radical (unpaired) electrons. The van der Waals surface area contributed by atoms with Crippen LogP contribution < -0.4 is 10.2 Å². The molecule has 8 nitrogen and oxygen atoms in total. The number of aliphatic imine (C=N–C) groups is 2. The molecule has 0 spiro atoms. The van der Waals surface area contributed by atoms with Crippen molar-refractivity contribution in [1.29, 1.82) is 0 Å². The molecule has 156 valence electrons. The number of hydrogen-bond acceptors (Lipinski definition) is 6. The highest BCUT2D eigenvalue weighted by Crippen LogP contribution is 2.24. The third-order valence-electron chi connectivity index (χ3n) is 5.91. The van der Waals surface area contributed by atoms with Gasteiger partial charge in [-0.05, 0) is 43.2 Å². The highest BCUT2D eigenvalue weighted by molar-refractivity contribution is 6.17. The standard InChI is InChI=1S/C22H26N6O2/c1-14-15(2)21(29)26-19-10-16(11-25-20(14)19)13-27-6-8-28(9-7-27)17-4-5-18(24-12-17)22(30)23-3/h4-5,10-12,20H,6-9,13H2,1-3H3,(H,23,30). The fraction of sp³-hybridized carbons (Fsp3) is 0.409. The Morgan fingerprint density at radius 2 is 1.97 bits per heavy atom. The fourth-order valence-corrected chi connectivity index (χ4v) is 3.90. The number of nitrogens with one attached hydrogen (secondary N) is 1. The number of fused-ring (bicyclic) bond motifs is 1. The van der Waals surface area contributed by atoms with Crippen LogP contribution >= 0.6 is 0 Å². The highest BCUT2D eigenvalue weighted by Gasteiger charge is 2.28. The number of anilines is 1. The van der Waals surface area contributed by atoms with Gasteiger partial charge >= 0.3 is 0 Å². The van der Waals surface area contributed by atoms with Gasteiger partial charge in [-0.1, -0.05) is 0 Å². The molecule has 30 heavy (non-hydrogen) atoms. The zero-order valence-corrected chi connectivity index (χ0v) is 17.6. The molecule has 2 amide bonds. The summed E-state index contributed by atoms with van der Waals surface area (Å²) in [4.78, 5) is 41.4. The summed E-state index contributed by atoms with van der Waals surface area (Å²) in [5, 5.41) is 2.58. The molecule has 0 aromatic carbocycles. The lowest BCUT2D eigenvalue weighted by Gasteiger charge is -2.36. The van der Waals surface area contributed by atoms with Gasteiger partial charge in [0.1, 0.15) is 11.7 Å². The molecule has 8 heteroatoms. The third-order valence-corrected chi connectivity index (χ3v) is 5.91. The average molecular weight is 406 g/mol. The lowest BCUT2D eigenvalue weighted by Crippen LogP contribution is -2.47. The molecule has 0 bridgehead atoms. The SMILES string of the molecule is CNC(=O)c1ccc(N2CCN(CC3=CC4=NC(=O)C(C)=C(C)C4N=C3)CC2)cn1. The Morgan fingerprint density at radius 3 is 2.63 bits per heavy atom. The van der Waals surface area contributed by atoms with Crippen molar-refractivity contribution in [3.05, 3.63) is 46.8 Å². The lowest BCUT2D eigenvalue weighted by molar-refractivity contribution is -0.114. The van der Waals surface area contributed by atoms with Gasteiger partial charge in [-0.25, -0.2) is 9.98 Å². The normalized spacial score (nSPS) is 21.9. The summed E-state index contributed by atoms with van der Waals surface area (Å²) in [6.45, 7) is 8.15. The first kappa shape index (κ1) is 20.2. The quantitative estimate of drug-likeness (QED) is 0.813. The van der Waals surface area contributed by atoms with Crippen LogP contribution in [0.4, 0.5) is 5.69 Å². The number of amides is 2. The zero-order valence-electron chi connectivity index (χ0n) is 17.6. The van der Waals surface area contributed by atoms with Crippen molar-refractivity contribution in [2.24, 2.45) is 9.98 Å². The second kappa shape index (κ2) is 8.31. The smallest absolute Gasteiger partial charge is 0.272 e. The van der Waals surface area contributed by atoms with Crippen molar-refractivity contribution in [3.63, 3.8) is 0 Å². The number of pyridine rings is 1. The Balaban J connectivity index is 1.35. The highest BCUT2D eigenvalue weighted by atomic mass is 16.2. The largest absolute Gasteiger partial charge is 0.368 e. The van der Waals surface area contributed by atoms with Crippen LogP contribution in [0, 0.1) is 0 Å². The number of carbonyl (C=O) groups excluding carboxylic acids is 2. The maximum atomic E-state index is 12.0. The predicted octanol–water partition coefficient (Wildman–Crippen LogP) is 1.26. The number of aromatic nitrogens is 1. The Labute approximate surface area is 176 Å². The first-order valence-corrected chi connectivity index (χ1v) is 10.2. The molecule has 1 fully saturated rings. The number of rotatable bonds is 4. The summed E-state index contributed by atoms with van der Waals surface area (Å²) in [7, 11) is 1.60. The van der Waals surface area contributed by atoms with Gasteiger partial charge in [-0.3, -0.25) is 19.5 Å². The zero-order chi connectivity index (χ0) is 21.3. The van der Waals surface area contributed by atoms with Gasteiger partial charge in [0.15, 0.2) is 0 Å². The van der Waals surface area contributed by atoms with Crippen LogP contribution in [0.25, 0.3) is 0 Å². The van der Waals surface area contributed by atoms with E-state index in [0.717, 1.165) is 55.3 Å². The van der Waals surface area contributed by atoms with Crippen molar-refractivity contribution in [1.82, 2.24) is 15.2 Å². The van der Waals surface area contributed by atoms with E-state index in [9.17, 15) is 9.59 Å². The van der Waals surface area contributed by atoms with E-state index in [-0.39, 0.29) is 17.9 Å². The summed E-state index contributed by atoms with van der Waals surface area (Å²) in [6, 6.07) is 3.58. The van der Waals surface area contributed by atoms with Crippen LogP contribution in [0.1, 0.15) is 24.3 Å². The van der Waals surface area contributed by atoms with E-state index >= 15 is 0 Å². The monoisotopic (exact) mass is 406 g/mol. The van der Waals surface area contributed by atoms with Gasteiger partial charge in [0.05, 0.1) is 17.6 Å². The molecule has 3 aliphatic heterocycles. The Bertz CT molecular complexity index is 981. The maximum absolute atomic E-state index is 12.0. The van der Waals surface area contributed by atoms with Crippen LogP contribution in [0.2, 0.25) is 0 Å². The van der Waals surface area contributed by atoms with Crippen molar-refractivity contribution >= 4 is 29.4 Å². The summed E-state index contributed by atoms with van der Waals surface area (Å²) < 4.78 is 0. The molecule has 4 heterocycles. The lowest BCUT2D eigenvalue weighted by atomic mass is 9.93. The summed E-state index contributed by atoms with van der Waals surface area (Å²) in [5.74, 6) is -0.336. The van der Waals surface area contributed by atoms with Gasteiger partial charge < -0.3 is 10.2 Å². The number of dihydropyridines is 2. The van der Waals surface area contributed by atoms with Crippen LogP contribution in [0.3, 0.4) is 0 Å². The van der Waals surface area contributed by atoms with E-state index < -0.39 is 0 Å². The van der Waals surface area contributed by atoms with E-state index in [0.29, 0.717) is 11.3 Å². The fourth-order valence-electron chi connectivity index (χ4n) is 3.90. The van der Waals surface area contributed by atoms with E-state index in [1.165, 1.54) is 0 Å². The average Bonchev–Trinajstić information content (AvgIpc) is 2.77. The molecule has 3 aliphatic rings. The second-order valence-electron chi connectivity index (χ2n) is 7.79. The molecular formula is C22H26N6O2. The molecule has 1 aromatic rings. The van der Waals surface area contributed by atoms with Gasteiger partial charge in [0, 0.05) is 51.6 Å². The van der Waals surface area contributed by atoms with Crippen molar-refractivity contribution < 1.29 is 9.59 Å². The number of carbonyl (C=O) groups is 2. The maximum Gasteiger partial charge on any atom is 0.272 e. The van der Waals surface area contributed by atoms with E-state index in [1.54, 1.807) is 19.3 Å². The molecule has 1 saturated heterocycles. The molecular weight excluding hydrogens is 380 g/mol. The molecule has 1 unspecified atom stereocenters. The van der Waals surface area contributed by atoms with Gasteiger partial charge in [-0.15, -0.1) is 0 Å². The van der Waals surface area contributed by atoms with Crippen molar-refractivity contribution in [3.8, 4) is 0 Å². The third kappa shape index (κ3) is 3.95. The Kier molecular flexibility index (Phi) is 5.59. The van der Waals surface area contributed by atoms with E-state index in [2.05, 4.69) is 30.1 Å². The van der Waals surface area contributed by atoms with Crippen LogP contribution in [0.15, 0.2) is 51.1 Å². The summed E-state index contributed by atoms with van der Waals surface area (Å²) >= 11 is 0. The van der Waals surface area contributed by atoms with Gasteiger partial charge in [0.2, 0.25) is 0 Å². The first-order chi connectivity index (χ1) is 14.5. The summed E-state index contributed by atoms with van der Waals surface area (Å²) in [6.07, 6.45) is 5.69. The molecule has 4 rings (SSSR count). The minimum atomic E-state index is -0.179. The predicted molar refractivity (Wildman–Crippen MR) is 117 cm³/mol. The number of nitrogens with zero attached hydrogens (tertiary/aromatic N) is 5. The molecule has 1 N–H and O–H groups in total. The number of piperazine rings is 1. The minimum absolute atomic E-state index is 0.117. The minimum Gasteiger partial charge on any atom is -0.368 e. The molecule has 0 aliphatic carbocycles. The number of hydrogen-bond donors (Lipinski definition) is 1. The topological polar surface area (TPSA) is 90.3 Å². The van der Waals surface area contributed by atoms with E-state index in [1.807, 2.05) is 32.2 Å². The molecule has 0 saturated carbocycles. The second-order valence-corrected chi connectivity index (χ2v) is 7.79. The van der Waals surface area contributed by atoms with Crippen LogP contribution in [-0.4, -0.2) is 79.4 Å². The van der Waals surface area contributed by atoms with Gasteiger partial charge in [0.25, 0.3) is 11.8 Å². The summed E-state index contributed by atoms with van der Waals surface area (Å²) in [5.41, 5.74) is 4.96. The Morgan fingerprint density at radius 1 is 1.20 bits per heavy atom. The van der Waals surface area contributed by atoms with Crippen LogP contribution in [-0.2, 0) is 4.79 Å². The molecule has 1 aromatic heterocycles.